The maximum absolute atomic E-state index is 8.46. The second-order valence-electron chi connectivity index (χ2n) is 0.998. The fraction of sp³-hybridized carbons (Fsp3) is 0.750. The molecule has 0 aromatic carbocycles. The summed E-state index contributed by atoms with van der Waals surface area (Å²) in [5.74, 6) is 0. The minimum Gasteiger partial charge on any atom is -0.373 e. The molecule has 0 rings (SSSR count). The van der Waals surface area contributed by atoms with Crippen LogP contribution in [0.5, 0.6) is 0 Å². The summed E-state index contributed by atoms with van der Waals surface area (Å²) >= 11 is 0. The molecule has 0 bridgehead atoms. The number of rotatable bonds is 3. The molecule has 1 unspecified atom stereocenters. The summed E-state index contributed by atoms with van der Waals surface area (Å²) < 4.78 is 8.76. The number of hydrogen-bond donors (Lipinski definition) is 1. The summed E-state index contributed by atoms with van der Waals surface area (Å²) in [6.45, 7) is 1.18. The summed E-state index contributed by atoms with van der Waals surface area (Å²) in [7, 11) is 2.84. The molecular weight excluding hydrogens is 96.0 g/mol. The van der Waals surface area contributed by atoms with Crippen molar-refractivity contribution in [2.75, 3.05) is 14.2 Å². The summed E-state index contributed by atoms with van der Waals surface area (Å²) in [6.07, 6.45) is -0.898. The zero-order valence-electron chi connectivity index (χ0n) is 4.42. The van der Waals surface area contributed by atoms with Crippen LogP contribution in [0.1, 0.15) is 0 Å². The molecule has 1 atom stereocenters. The van der Waals surface area contributed by atoms with Crippen LogP contribution < -0.4 is 0 Å². The topological polar surface area (TPSA) is 38.7 Å². The van der Waals surface area contributed by atoms with Gasteiger partial charge in [-0.2, -0.15) is 0 Å². The van der Waals surface area contributed by atoms with E-state index in [9.17, 15) is 0 Å². The molecule has 0 aromatic heterocycles. The van der Waals surface area contributed by atoms with Gasteiger partial charge in [-0.15, -0.1) is 0 Å². The Morgan fingerprint density at radius 3 is 2.29 bits per heavy atom. The van der Waals surface area contributed by atoms with Gasteiger partial charge in [0.15, 0.2) is 6.29 Å². The average molecular weight is 105 g/mol. The van der Waals surface area contributed by atoms with Crippen molar-refractivity contribution in [1.82, 2.24) is 0 Å². The minimum absolute atomic E-state index is 0.898. The molecule has 0 spiro atoms. The Labute approximate surface area is 42.9 Å². The molecule has 0 aromatic rings. The van der Waals surface area contributed by atoms with Crippen LogP contribution in [0.25, 0.3) is 0 Å². The Hall–Kier alpha value is -0.120. The van der Waals surface area contributed by atoms with E-state index in [-0.39, 0.29) is 0 Å². The largest absolute Gasteiger partial charge is 0.373 e. The Morgan fingerprint density at radius 1 is 1.57 bits per heavy atom. The van der Waals surface area contributed by atoms with E-state index in [1.807, 2.05) is 0 Å². The molecule has 1 radical (unpaired) electrons. The first kappa shape index (κ1) is 6.88. The molecule has 3 heteroatoms. The van der Waals surface area contributed by atoms with Gasteiger partial charge >= 0.3 is 0 Å². The van der Waals surface area contributed by atoms with E-state index in [1.54, 1.807) is 0 Å². The highest BCUT2D eigenvalue weighted by atomic mass is 16.6. The lowest BCUT2D eigenvalue weighted by molar-refractivity contribution is -0.0802. The number of aliphatic hydroxyl groups excluding tert-OH is 1. The van der Waals surface area contributed by atoms with Gasteiger partial charge in [0.25, 0.3) is 0 Å². The second kappa shape index (κ2) is 4.05. The monoisotopic (exact) mass is 105 g/mol. The number of aliphatic hydroxyl groups is 1. The fourth-order valence-corrected chi connectivity index (χ4v) is 0.172. The van der Waals surface area contributed by atoms with Gasteiger partial charge in [-0.3, -0.25) is 0 Å². The van der Waals surface area contributed by atoms with Crippen LogP contribution in [0.3, 0.4) is 0 Å². The van der Waals surface area contributed by atoms with E-state index < -0.39 is 6.29 Å². The number of methoxy groups -OCH3 is 2. The van der Waals surface area contributed by atoms with Crippen molar-refractivity contribution in [3.63, 3.8) is 0 Å². The van der Waals surface area contributed by atoms with Crippen LogP contribution in [0.15, 0.2) is 0 Å². The van der Waals surface area contributed by atoms with Crippen molar-refractivity contribution in [2.45, 2.75) is 6.29 Å². The first-order valence-electron chi connectivity index (χ1n) is 1.88. The average Bonchev–Trinajstić information content (AvgIpc) is 1.68. The molecule has 43 valence electrons. The lowest BCUT2D eigenvalue weighted by atomic mass is 10.7. The third-order valence-electron chi connectivity index (χ3n) is 0.494. The Balaban J connectivity index is 2.83. The van der Waals surface area contributed by atoms with Crippen molar-refractivity contribution in [3.05, 3.63) is 6.61 Å². The highest BCUT2D eigenvalue weighted by Crippen LogP contribution is 1.87. The van der Waals surface area contributed by atoms with Gasteiger partial charge in [-0.25, -0.2) is 0 Å². The lowest BCUT2D eigenvalue weighted by Gasteiger charge is -2.02. The molecule has 0 aliphatic rings. The second-order valence-corrected chi connectivity index (χ2v) is 0.998. The third kappa shape index (κ3) is 3.72. The van der Waals surface area contributed by atoms with Gasteiger partial charge in [-0.05, 0) is 0 Å². The van der Waals surface area contributed by atoms with E-state index in [0.717, 1.165) is 0 Å². The number of ether oxygens (including phenoxy) is 2. The van der Waals surface area contributed by atoms with Crippen molar-refractivity contribution in [2.24, 2.45) is 0 Å². The van der Waals surface area contributed by atoms with Crippen LogP contribution in [0, 0.1) is 6.61 Å². The lowest BCUT2D eigenvalue weighted by Crippen LogP contribution is -2.09. The molecular formula is C4H9O3. The van der Waals surface area contributed by atoms with Crippen molar-refractivity contribution in [3.8, 4) is 0 Å². The molecule has 0 saturated heterocycles. The van der Waals surface area contributed by atoms with Crippen molar-refractivity contribution in [1.29, 1.82) is 0 Å². The smallest absolute Gasteiger partial charge is 0.183 e. The molecule has 7 heavy (non-hydrogen) atoms. The summed E-state index contributed by atoms with van der Waals surface area (Å²) in [4.78, 5) is 0. The van der Waals surface area contributed by atoms with Crippen molar-refractivity contribution >= 4 is 0 Å². The van der Waals surface area contributed by atoms with E-state index in [4.69, 9.17) is 5.11 Å². The molecule has 0 aliphatic heterocycles. The van der Waals surface area contributed by atoms with Gasteiger partial charge < -0.3 is 14.6 Å². The van der Waals surface area contributed by atoms with E-state index in [1.165, 1.54) is 20.8 Å². The highest BCUT2D eigenvalue weighted by molar-refractivity contribution is 4.49. The Bertz CT molecular complexity index is 37.9. The number of hydrogen-bond acceptors (Lipinski definition) is 3. The predicted molar refractivity (Wildman–Crippen MR) is 24.3 cm³/mol. The molecule has 3 nitrogen and oxygen atoms in total. The standard InChI is InChI=1S/C4H9O3/c1-6-3-4(5)7-2/h3-5H,1-2H3. The van der Waals surface area contributed by atoms with Crippen LogP contribution in [0.4, 0.5) is 0 Å². The summed E-state index contributed by atoms with van der Waals surface area (Å²) in [5.41, 5.74) is 0. The van der Waals surface area contributed by atoms with Crippen LogP contribution in [-0.2, 0) is 9.47 Å². The van der Waals surface area contributed by atoms with Gasteiger partial charge in [0.1, 0.15) is 6.61 Å². The maximum atomic E-state index is 8.46. The molecule has 0 aliphatic carbocycles. The normalized spacial score (nSPS) is 14.1. The highest BCUT2D eigenvalue weighted by Gasteiger charge is 1.96. The van der Waals surface area contributed by atoms with Crippen molar-refractivity contribution < 1.29 is 14.6 Å². The first-order chi connectivity index (χ1) is 3.31. The zero-order valence-corrected chi connectivity index (χ0v) is 4.42. The van der Waals surface area contributed by atoms with E-state index >= 15 is 0 Å². The maximum Gasteiger partial charge on any atom is 0.183 e. The molecule has 0 fully saturated rings. The SMILES string of the molecule is CO[CH]C(O)OC. The van der Waals surface area contributed by atoms with Crippen LogP contribution in [0.2, 0.25) is 0 Å². The van der Waals surface area contributed by atoms with Crippen LogP contribution >= 0.6 is 0 Å². The Morgan fingerprint density at radius 2 is 2.14 bits per heavy atom. The van der Waals surface area contributed by atoms with Crippen LogP contribution in [-0.4, -0.2) is 25.6 Å². The van der Waals surface area contributed by atoms with E-state index in [2.05, 4.69) is 9.47 Å². The summed E-state index contributed by atoms with van der Waals surface area (Å²) in [6, 6.07) is 0. The minimum atomic E-state index is -0.898. The first-order valence-corrected chi connectivity index (χ1v) is 1.88. The van der Waals surface area contributed by atoms with Gasteiger partial charge in [0.05, 0.1) is 0 Å². The molecule has 0 heterocycles. The quantitative estimate of drug-likeness (QED) is 0.503. The fourth-order valence-electron chi connectivity index (χ4n) is 0.172. The third-order valence-corrected chi connectivity index (χ3v) is 0.494. The molecule has 0 saturated carbocycles. The van der Waals surface area contributed by atoms with Gasteiger partial charge in [0.2, 0.25) is 0 Å². The molecule has 0 amide bonds. The molecule has 1 N–H and O–H groups in total. The summed E-state index contributed by atoms with van der Waals surface area (Å²) in [5, 5.41) is 8.46. The Kier molecular flexibility index (Phi) is 3.98. The predicted octanol–water partition coefficient (Wildman–Crippen LogP) is -0.241. The zero-order chi connectivity index (χ0) is 5.70. The van der Waals surface area contributed by atoms with Gasteiger partial charge in [0, 0.05) is 14.2 Å². The van der Waals surface area contributed by atoms with Gasteiger partial charge in [-0.1, -0.05) is 0 Å². The van der Waals surface area contributed by atoms with E-state index in [0.29, 0.717) is 0 Å².